The molecule has 2 aliphatic carbocycles. The molecule has 0 spiro atoms. The molecule has 3 unspecified atom stereocenters. The molecule has 2 bridgehead atoms. The normalized spacial score (nSPS) is 33.4. The molecule has 0 heterocycles. The molecule has 3 atom stereocenters. The van der Waals surface area contributed by atoms with Crippen LogP contribution in [0.1, 0.15) is 12.8 Å². The van der Waals surface area contributed by atoms with Crippen molar-refractivity contribution in [3.05, 3.63) is 18.3 Å². The van der Waals surface area contributed by atoms with E-state index in [1.807, 2.05) is 0 Å². The second kappa shape index (κ2) is 6.46. The molecule has 68 valence electrons. The van der Waals surface area contributed by atoms with Crippen molar-refractivity contribution >= 4 is 6.47 Å². The van der Waals surface area contributed by atoms with Crippen LogP contribution in [0.2, 0.25) is 0 Å². The Balaban J connectivity index is 0.000000720. The molecule has 2 aliphatic rings. The first kappa shape index (κ1) is 14.0. The maximum absolute atomic E-state index is 9.80. The number of nitrogens with two attached hydrogens (primary N) is 1. The number of fused-ring (bicyclic) bond motifs is 2. The van der Waals surface area contributed by atoms with E-state index >= 15 is 0 Å². The molecular formula is C9H13NO2Rb-. The summed E-state index contributed by atoms with van der Waals surface area (Å²) in [6.07, 6.45) is 7.01. The van der Waals surface area contributed by atoms with E-state index in [4.69, 9.17) is 0 Å². The first-order chi connectivity index (χ1) is 5.40. The first-order valence-electron chi connectivity index (χ1n) is 4.07. The zero-order chi connectivity index (χ0) is 7.68. The van der Waals surface area contributed by atoms with E-state index < -0.39 is 0 Å². The minimum atomic E-state index is 0. The van der Waals surface area contributed by atoms with Crippen LogP contribution in [0, 0.1) is 17.8 Å². The third kappa shape index (κ3) is 3.24. The maximum atomic E-state index is 9.80. The Morgan fingerprint density at radius 3 is 2.62 bits per heavy atom. The number of carbonyl (C=O) groups excluding carboxylic acids is 1. The Kier molecular flexibility index (Phi) is 6.94. The molecule has 3 nitrogen and oxygen atoms in total. The second-order valence-corrected chi connectivity index (χ2v) is 3.43. The summed E-state index contributed by atoms with van der Waals surface area (Å²) in [5, 5.41) is 0. The van der Waals surface area contributed by atoms with E-state index in [-0.39, 0.29) is 64.3 Å². The van der Waals surface area contributed by atoms with Crippen LogP contribution in [0.25, 0.3) is 6.15 Å². The van der Waals surface area contributed by atoms with Crippen molar-refractivity contribution in [1.29, 1.82) is 0 Å². The van der Waals surface area contributed by atoms with Crippen molar-refractivity contribution in [2.45, 2.75) is 12.8 Å². The number of ether oxygens (including phenoxy) is 1. The maximum Gasteiger partial charge on any atom is 1.00 e. The summed E-state index contributed by atoms with van der Waals surface area (Å²) in [7, 11) is 0. The predicted molar refractivity (Wildman–Crippen MR) is 45.8 cm³/mol. The number of hydrogen-bond donors (Lipinski definition) is 0. The smallest absolute Gasteiger partial charge is 0.693 e. The third-order valence-electron chi connectivity index (χ3n) is 2.77. The first-order valence-corrected chi connectivity index (χ1v) is 4.07. The number of rotatable bonds is 3. The molecule has 13 heavy (non-hydrogen) atoms. The molecule has 0 aromatic rings. The zero-order valence-corrected chi connectivity index (χ0v) is 12.8. The van der Waals surface area contributed by atoms with Gasteiger partial charge in [0.2, 0.25) is 0 Å². The minimum Gasteiger partial charge on any atom is -0.693 e. The monoisotopic (exact) mass is 252 g/mol. The van der Waals surface area contributed by atoms with E-state index in [1.54, 1.807) is 0 Å². The standard InChI is InChI=1S/C9H11O2.H2N.Rb/c10-6-11-5-9-4-7-1-2-8(9)3-7;;/h1-2,7-9H,3-5H2;1H2;/q2*-1;+1. The molecule has 1 fully saturated rings. The van der Waals surface area contributed by atoms with Gasteiger partial charge in [-0.15, -0.1) is 0 Å². The van der Waals surface area contributed by atoms with Gasteiger partial charge in [-0.25, -0.2) is 0 Å². The van der Waals surface area contributed by atoms with Crippen molar-refractivity contribution in [1.82, 2.24) is 0 Å². The van der Waals surface area contributed by atoms with Crippen molar-refractivity contribution in [2.75, 3.05) is 6.61 Å². The summed E-state index contributed by atoms with van der Waals surface area (Å²) >= 11 is 0. The summed E-state index contributed by atoms with van der Waals surface area (Å²) in [5.41, 5.74) is 0. The van der Waals surface area contributed by atoms with Crippen LogP contribution in [-0.4, -0.2) is 13.1 Å². The molecule has 0 aromatic heterocycles. The topological polar surface area (TPSA) is 59.8 Å². The van der Waals surface area contributed by atoms with Crippen LogP contribution in [0.3, 0.4) is 0 Å². The number of hydrogen-bond acceptors (Lipinski definition) is 2. The van der Waals surface area contributed by atoms with Gasteiger partial charge in [0.1, 0.15) is 0 Å². The SMILES string of the molecule is O=[C-]OCC1CC2C=CC1C2.[NH2-].[Rb+]. The fraction of sp³-hybridized carbons (Fsp3) is 0.667. The van der Waals surface area contributed by atoms with E-state index in [1.165, 1.54) is 19.3 Å². The van der Waals surface area contributed by atoms with Crippen LogP contribution in [0.15, 0.2) is 12.2 Å². The van der Waals surface area contributed by atoms with Crippen molar-refractivity contribution in [3.63, 3.8) is 0 Å². The van der Waals surface area contributed by atoms with Crippen molar-refractivity contribution in [2.24, 2.45) is 17.8 Å². The molecule has 0 aliphatic heterocycles. The van der Waals surface area contributed by atoms with Gasteiger partial charge in [-0.1, -0.05) is 18.6 Å². The van der Waals surface area contributed by atoms with E-state index in [9.17, 15) is 4.79 Å². The summed E-state index contributed by atoms with van der Waals surface area (Å²) in [4.78, 5) is 9.80. The fourth-order valence-electron chi connectivity index (χ4n) is 2.23. The Hall–Kier alpha value is 0.975. The molecule has 0 aromatic carbocycles. The van der Waals surface area contributed by atoms with Gasteiger partial charge in [0.25, 0.3) is 0 Å². The van der Waals surface area contributed by atoms with Gasteiger partial charge in [0.05, 0.1) is 6.61 Å². The van der Waals surface area contributed by atoms with Gasteiger partial charge >= 0.3 is 58.2 Å². The van der Waals surface area contributed by atoms with Gasteiger partial charge in [-0.2, -0.15) is 0 Å². The second-order valence-electron chi connectivity index (χ2n) is 3.43. The Labute approximate surface area is 128 Å². The molecule has 2 rings (SSSR count). The average molecular weight is 253 g/mol. The van der Waals surface area contributed by atoms with E-state index in [0.717, 1.165) is 5.92 Å². The molecular weight excluding hydrogens is 240 g/mol. The molecule has 1 saturated carbocycles. The Morgan fingerprint density at radius 1 is 1.38 bits per heavy atom. The van der Waals surface area contributed by atoms with Gasteiger partial charge in [-0.3, -0.25) is 0 Å². The zero-order valence-electron chi connectivity index (χ0n) is 7.90. The largest absolute Gasteiger partial charge is 1.00 e. The summed E-state index contributed by atoms with van der Waals surface area (Å²) in [6.45, 7) is 2.04. The molecule has 2 N–H and O–H groups in total. The van der Waals surface area contributed by atoms with Crippen LogP contribution in [0.5, 0.6) is 0 Å². The Morgan fingerprint density at radius 2 is 2.15 bits per heavy atom. The van der Waals surface area contributed by atoms with Crippen LogP contribution >= 0.6 is 0 Å². The van der Waals surface area contributed by atoms with Gasteiger partial charge in [-0.05, 0) is 30.6 Å². The van der Waals surface area contributed by atoms with E-state index in [2.05, 4.69) is 16.9 Å². The summed E-state index contributed by atoms with van der Waals surface area (Å²) in [6, 6.07) is 0. The quantitative estimate of drug-likeness (QED) is 0.478. The Bertz CT molecular complexity index is 196. The summed E-state index contributed by atoms with van der Waals surface area (Å²) in [5.74, 6) is 2.01. The van der Waals surface area contributed by atoms with Crippen LogP contribution < -0.4 is 58.2 Å². The van der Waals surface area contributed by atoms with Gasteiger partial charge in [0.15, 0.2) is 0 Å². The van der Waals surface area contributed by atoms with Crippen LogP contribution in [0.4, 0.5) is 0 Å². The van der Waals surface area contributed by atoms with Crippen molar-refractivity contribution in [3.8, 4) is 0 Å². The summed E-state index contributed by atoms with van der Waals surface area (Å²) < 4.78 is 4.63. The number of allylic oxidation sites excluding steroid dienone is 2. The van der Waals surface area contributed by atoms with E-state index in [0.29, 0.717) is 18.4 Å². The molecule has 0 radical (unpaired) electrons. The van der Waals surface area contributed by atoms with Gasteiger partial charge < -0.3 is 15.7 Å². The van der Waals surface area contributed by atoms with Gasteiger partial charge in [0, 0.05) is 0 Å². The van der Waals surface area contributed by atoms with Crippen LogP contribution in [-0.2, 0) is 9.53 Å². The molecule has 0 saturated heterocycles. The minimum absolute atomic E-state index is 0. The molecule has 4 heteroatoms. The predicted octanol–water partition coefficient (Wildman–Crippen LogP) is -0.996. The molecule has 0 amide bonds. The van der Waals surface area contributed by atoms with Crippen molar-refractivity contribution < 1.29 is 67.7 Å². The average Bonchev–Trinajstić information content (AvgIpc) is 2.60. The fourth-order valence-corrected chi connectivity index (χ4v) is 2.23. The third-order valence-corrected chi connectivity index (χ3v) is 2.77.